The van der Waals surface area contributed by atoms with Crippen molar-refractivity contribution in [1.29, 1.82) is 0 Å². The number of halogens is 3. The van der Waals surface area contributed by atoms with Crippen LogP contribution < -0.4 is 5.32 Å². The molecule has 1 rings (SSSR count). The summed E-state index contributed by atoms with van der Waals surface area (Å²) >= 11 is 0. The first-order valence-electron chi connectivity index (χ1n) is 4.55. The molecule has 1 aliphatic heterocycles. The van der Waals surface area contributed by atoms with Crippen LogP contribution in [0.15, 0.2) is 0 Å². The molecule has 3 nitrogen and oxygen atoms in total. The van der Waals surface area contributed by atoms with Crippen LogP contribution in [0.4, 0.5) is 13.2 Å². The smallest absolute Gasteiger partial charge is 0.377 e. The van der Waals surface area contributed by atoms with Crippen molar-refractivity contribution in [2.45, 2.75) is 31.9 Å². The summed E-state index contributed by atoms with van der Waals surface area (Å²) in [5.74, 6) is 0. The number of ether oxygens (including phenoxy) is 2. The Morgan fingerprint density at radius 3 is 2.71 bits per heavy atom. The van der Waals surface area contributed by atoms with E-state index in [4.69, 9.17) is 4.74 Å². The van der Waals surface area contributed by atoms with E-state index in [1.807, 2.05) is 6.92 Å². The molecule has 0 aromatic heterocycles. The maximum Gasteiger partial charge on any atom is 0.522 e. The summed E-state index contributed by atoms with van der Waals surface area (Å²) < 4.78 is 43.5. The fourth-order valence-corrected chi connectivity index (χ4v) is 1.41. The van der Waals surface area contributed by atoms with Crippen LogP contribution in [0.3, 0.4) is 0 Å². The molecule has 0 radical (unpaired) electrons. The van der Waals surface area contributed by atoms with Gasteiger partial charge in [-0.1, -0.05) is 0 Å². The van der Waals surface area contributed by atoms with Gasteiger partial charge in [0.2, 0.25) is 0 Å². The first kappa shape index (κ1) is 11.7. The second-order valence-electron chi connectivity index (χ2n) is 3.22. The second kappa shape index (κ2) is 4.95. The molecule has 1 heterocycles. The van der Waals surface area contributed by atoms with Crippen molar-refractivity contribution >= 4 is 0 Å². The van der Waals surface area contributed by atoms with E-state index in [2.05, 4.69) is 10.1 Å². The molecule has 14 heavy (non-hydrogen) atoms. The molecular weight excluding hydrogens is 199 g/mol. The van der Waals surface area contributed by atoms with Gasteiger partial charge in [-0.25, -0.2) is 0 Å². The minimum atomic E-state index is -4.53. The van der Waals surface area contributed by atoms with E-state index in [-0.39, 0.29) is 25.3 Å². The predicted octanol–water partition coefficient (Wildman–Crippen LogP) is 1.29. The summed E-state index contributed by atoms with van der Waals surface area (Å²) in [6.45, 7) is 2.40. The summed E-state index contributed by atoms with van der Waals surface area (Å²) in [6.07, 6.45) is -3.62. The predicted molar refractivity (Wildman–Crippen MR) is 43.8 cm³/mol. The highest BCUT2D eigenvalue weighted by Gasteiger charge is 2.29. The quantitative estimate of drug-likeness (QED) is 0.714. The lowest BCUT2D eigenvalue weighted by Gasteiger charge is -2.16. The molecule has 1 saturated heterocycles. The molecule has 2 atom stereocenters. The van der Waals surface area contributed by atoms with Crippen LogP contribution in [-0.4, -0.2) is 38.3 Å². The van der Waals surface area contributed by atoms with Gasteiger partial charge in [-0.15, -0.1) is 13.2 Å². The molecule has 6 heteroatoms. The SMILES string of the molecule is CC1OCCC1NCCOC(F)(F)F. The van der Waals surface area contributed by atoms with Crippen LogP contribution in [0.25, 0.3) is 0 Å². The van der Waals surface area contributed by atoms with Gasteiger partial charge in [0.15, 0.2) is 0 Å². The standard InChI is InChI=1S/C8H14F3NO2/c1-6-7(2-4-13-6)12-3-5-14-8(9,10)11/h6-7,12H,2-5H2,1H3. The highest BCUT2D eigenvalue weighted by molar-refractivity contribution is 4.78. The van der Waals surface area contributed by atoms with Gasteiger partial charge >= 0.3 is 6.36 Å². The number of rotatable bonds is 4. The van der Waals surface area contributed by atoms with Gasteiger partial charge < -0.3 is 10.1 Å². The summed E-state index contributed by atoms with van der Waals surface area (Å²) in [6, 6.07) is 0.145. The third kappa shape index (κ3) is 4.26. The summed E-state index contributed by atoms with van der Waals surface area (Å²) in [5, 5.41) is 2.95. The fraction of sp³-hybridized carbons (Fsp3) is 1.00. The maximum absolute atomic E-state index is 11.6. The van der Waals surface area contributed by atoms with Gasteiger partial charge in [0.25, 0.3) is 0 Å². The highest BCUT2D eigenvalue weighted by atomic mass is 19.4. The average Bonchev–Trinajstić information content (AvgIpc) is 2.44. The van der Waals surface area contributed by atoms with Crippen LogP contribution in [-0.2, 0) is 9.47 Å². The number of nitrogens with one attached hydrogen (secondary N) is 1. The fourth-order valence-electron chi connectivity index (χ4n) is 1.41. The summed E-state index contributed by atoms with van der Waals surface area (Å²) in [5.41, 5.74) is 0. The van der Waals surface area contributed by atoms with E-state index in [0.717, 1.165) is 6.42 Å². The van der Waals surface area contributed by atoms with E-state index in [1.165, 1.54) is 0 Å². The van der Waals surface area contributed by atoms with Gasteiger partial charge in [-0.3, -0.25) is 4.74 Å². The summed E-state index contributed by atoms with van der Waals surface area (Å²) in [7, 11) is 0. The van der Waals surface area contributed by atoms with Gasteiger partial charge in [0.05, 0.1) is 12.7 Å². The molecule has 1 N–H and O–H groups in total. The van der Waals surface area contributed by atoms with Crippen molar-refractivity contribution in [3.05, 3.63) is 0 Å². The monoisotopic (exact) mass is 213 g/mol. The van der Waals surface area contributed by atoms with Crippen molar-refractivity contribution in [1.82, 2.24) is 5.32 Å². The molecule has 0 bridgehead atoms. The number of alkyl halides is 3. The van der Waals surface area contributed by atoms with Crippen molar-refractivity contribution in [2.75, 3.05) is 19.8 Å². The Morgan fingerprint density at radius 2 is 2.21 bits per heavy atom. The van der Waals surface area contributed by atoms with Crippen LogP contribution in [0.2, 0.25) is 0 Å². The van der Waals surface area contributed by atoms with Crippen molar-refractivity contribution in [2.24, 2.45) is 0 Å². The molecule has 0 aliphatic carbocycles. The van der Waals surface area contributed by atoms with E-state index in [0.29, 0.717) is 6.61 Å². The third-order valence-electron chi connectivity index (χ3n) is 2.15. The molecule has 0 aromatic carbocycles. The number of hydrogen-bond acceptors (Lipinski definition) is 3. The molecule has 1 fully saturated rings. The van der Waals surface area contributed by atoms with Crippen molar-refractivity contribution in [3.63, 3.8) is 0 Å². The molecule has 0 spiro atoms. The topological polar surface area (TPSA) is 30.5 Å². The molecule has 0 aromatic rings. The lowest BCUT2D eigenvalue weighted by Crippen LogP contribution is -2.37. The Hall–Kier alpha value is -0.330. The molecule has 1 aliphatic rings. The molecule has 2 unspecified atom stereocenters. The zero-order valence-electron chi connectivity index (χ0n) is 7.93. The molecule has 84 valence electrons. The van der Waals surface area contributed by atoms with E-state index < -0.39 is 6.36 Å². The van der Waals surface area contributed by atoms with Crippen LogP contribution in [0.1, 0.15) is 13.3 Å². The first-order chi connectivity index (χ1) is 6.49. The minimum Gasteiger partial charge on any atom is -0.377 e. The van der Waals surface area contributed by atoms with Gasteiger partial charge in [0, 0.05) is 19.2 Å². The Morgan fingerprint density at radius 1 is 1.50 bits per heavy atom. The van der Waals surface area contributed by atoms with E-state index in [1.54, 1.807) is 0 Å². The Balaban J connectivity index is 2.04. The third-order valence-corrected chi connectivity index (χ3v) is 2.15. The van der Waals surface area contributed by atoms with Gasteiger partial charge in [-0.2, -0.15) is 0 Å². The summed E-state index contributed by atoms with van der Waals surface area (Å²) in [4.78, 5) is 0. The normalized spacial score (nSPS) is 28.3. The second-order valence-corrected chi connectivity index (χ2v) is 3.22. The number of hydrogen-bond donors (Lipinski definition) is 1. The largest absolute Gasteiger partial charge is 0.522 e. The maximum atomic E-state index is 11.6. The van der Waals surface area contributed by atoms with Gasteiger partial charge in [0.1, 0.15) is 0 Å². The lowest BCUT2D eigenvalue weighted by molar-refractivity contribution is -0.323. The van der Waals surface area contributed by atoms with Crippen molar-refractivity contribution < 1.29 is 22.6 Å². The molecule has 0 saturated carbocycles. The molecule has 0 amide bonds. The van der Waals surface area contributed by atoms with E-state index >= 15 is 0 Å². The zero-order valence-corrected chi connectivity index (χ0v) is 7.93. The average molecular weight is 213 g/mol. The Kier molecular flexibility index (Phi) is 4.15. The zero-order chi connectivity index (χ0) is 10.6. The Bertz CT molecular complexity index is 174. The minimum absolute atomic E-state index is 0.0703. The lowest BCUT2D eigenvalue weighted by atomic mass is 10.1. The van der Waals surface area contributed by atoms with Gasteiger partial charge in [-0.05, 0) is 13.3 Å². The Labute approximate surface area is 80.6 Å². The van der Waals surface area contributed by atoms with E-state index in [9.17, 15) is 13.2 Å². The van der Waals surface area contributed by atoms with Crippen molar-refractivity contribution in [3.8, 4) is 0 Å². The van der Waals surface area contributed by atoms with Crippen LogP contribution >= 0.6 is 0 Å². The van der Waals surface area contributed by atoms with Crippen LogP contribution in [0.5, 0.6) is 0 Å². The molecular formula is C8H14F3NO2. The van der Waals surface area contributed by atoms with Crippen LogP contribution in [0, 0.1) is 0 Å². The first-order valence-corrected chi connectivity index (χ1v) is 4.55. The highest BCUT2D eigenvalue weighted by Crippen LogP contribution is 2.16.